The number of imide groups is 1. The molecule has 3 N–H and O–H groups in total. The normalized spacial score (nSPS) is 19.2. The van der Waals surface area contributed by atoms with Crippen LogP contribution in [0.1, 0.15) is 21.9 Å². The van der Waals surface area contributed by atoms with Crippen molar-refractivity contribution in [3.63, 3.8) is 0 Å². The van der Waals surface area contributed by atoms with Crippen LogP contribution < -0.4 is 25.1 Å². The summed E-state index contributed by atoms with van der Waals surface area (Å²) in [5.41, 5.74) is -0.0912. The number of carbonyl (C=O) groups is 3. The largest absolute Gasteiger partial charge is 0.418 e. The third kappa shape index (κ3) is 6.02. The minimum atomic E-state index is -4.84. The molecule has 0 spiro atoms. The highest BCUT2D eigenvalue weighted by Gasteiger charge is 2.57. The molecular formula is C31H26F3N5O6S3. The first kappa shape index (κ1) is 33.5. The van der Waals surface area contributed by atoms with Gasteiger partial charge in [0.05, 0.1) is 27.1 Å². The van der Waals surface area contributed by atoms with Gasteiger partial charge in [-0.1, -0.05) is 47.4 Å². The highest BCUT2D eigenvalue weighted by molar-refractivity contribution is 8.00. The predicted molar refractivity (Wildman–Crippen MR) is 175 cm³/mol. The number of halogens is 3. The minimum Gasteiger partial charge on any atom is -0.378 e. The quantitative estimate of drug-likeness (QED) is 0.272. The number of nitrogens with two attached hydrogens (primary N) is 1. The van der Waals surface area contributed by atoms with Crippen LogP contribution in [0, 0.1) is 5.92 Å². The average Bonchev–Trinajstić information content (AvgIpc) is 3.46. The number of thioether (sulfide) groups is 1. The topological polar surface area (TPSA) is 152 Å². The standard InChI is InChI=1S/C31H26F3N5O6S3/c1-37(2)18-11-7-16(8-12-18)23-24-25(28(42)39(27(24)41)21-6-4-3-5-20(21)31(32,33)34)46-29-26(23)47-30(43)38(29)15-22(40)36-17-9-13-19(14-10-17)48(35,44)45/h3-14,23-25H,15H2,1-2H3,(H,36,40)(H2,35,44,45)/t23-,24-,25+/m0/s1. The predicted octanol–water partition coefficient (Wildman–Crippen LogP) is 4.08. The maximum absolute atomic E-state index is 14.1. The van der Waals surface area contributed by atoms with Crippen molar-refractivity contribution in [3.8, 4) is 0 Å². The number of nitrogens with one attached hydrogen (secondary N) is 1. The lowest BCUT2D eigenvalue weighted by atomic mass is 9.83. The molecule has 4 aromatic rings. The van der Waals surface area contributed by atoms with Gasteiger partial charge >= 0.3 is 11.0 Å². The summed E-state index contributed by atoms with van der Waals surface area (Å²) < 4.78 is 66.3. The summed E-state index contributed by atoms with van der Waals surface area (Å²) in [5.74, 6) is -4.36. The summed E-state index contributed by atoms with van der Waals surface area (Å²) in [4.78, 5) is 56.7. The summed E-state index contributed by atoms with van der Waals surface area (Å²) in [5, 5.41) is 6.76. The second-order valence-electron chi connectivity index (χ2n) is 11.3. The number of sulfonamides is 1. The zero-order valence-electron chi connectivity index (χ0n) is 25.1. The van der Waals surface area contributed by atoms with E-state index in [0.717, 1.165) is 40.9 Å². The first-order valence-corrected chi connectivity index (χ1v) is 17.4. The van der Waals surface area contributed by atoms with Gasteiger partial charge in [-0.25, -0.2) is 18.5 Å². The van der Waals surface area contributed by atoms with E-state index in [0.29, 0.717) is 15.3 Å². The minimum absolute atomic E-state index is 0.165. The molecule has 0 bridgehead atoms. The van der Waals surface area contributed by atoms with Crippen molar-refractivity contribution in [2.45, 2.75) is 33.8 Å². The monoisotopic (exact) mass is 717 g/mol. The zero-order chi connectivity index (χ0) is 34.7. The Kier molecular flexibility index (Phi) is 8.51. The molecule has 11 nitrogen and oxygen atoms in total. The fourth-order valence-corrected chi connectivity index (χ4v) is 9.10. The fourth-order valence-electron chi connectivity index (χ4n) is 5.81. The number of aromatic nitrogens is 1. The lowest BCUT2D eigenvalue weighted by Crippen LogP contribution is -2.33. The number of thiazole rings is 1. The number of para-hydroxylation sites is 1. The fraction of sp³-hybridized carbons (Fsp3) is 0.226. The van der Waals surface area contributed by atoms with E-state index in [9.17, 15) is 40.8 Å². The molecule has 250 valence electrons. The van der Waals surface area contributed by atoms with Gasteiger partial charge in [-0.2, -0.15) is 13.2 Å². The Balaban J connectivity index is 1.40. The zero-order valence-corrected chi connectivity index (χ0v) is 27.5. The summed E-state index contributed by atoms with van der Waals surface area (Å²) in [7, 11) is -0.291. The van der Waals surface area contributed by atoms with Crippen LogP contribution in [0.2, 0.25) is 0 Å². The summed E-state index contributed by atoms with van der Waals surface area (Å²) in [6, 6.07) is 16.5. The highest BCUT2D eigenvalue weighted by Crippen LogP contribution is 2.54. The van der Waals surface area contributed by atoms with Gasteiger partial charge in [-0.05, 0) is 54.1 Å². The van der Waals surface area contributed by atoms with E-state index in [1.165, 1.54) is 41.0 Å². The molecule has 2 aliphatic heterocycles. The first-order chi connectivity index (χ1) is 22.6. The second kappa shape index (κ2) is 12.2. The van der Waals surface area contributed by atoms with Crippen LogP contribution in [0.15, 0.2) is 87.5 Å². The molecule has 1 aromatic heterocycles. The Labute approximate surface area is 280 Å². The second-order valence-corrected chi connectivity index (χ2v) is 15.0. The molecule has 3 atom stereocenters. The Morgan fingerprint density at radius 1 is 0.958 bits per heavy atom. The van der Waals surface area contributed by atoms with Crippen LogP contribution >= 0.6 is 23.1 Å². The van der Waals surface area contributed by atoms with Crippen LogP contribution in [-0.2, 0) is 37.1 Å². The summed E-state index contributed by atoms with van der Waals surface area (Å²) in [6.07, 6.45) is -4.84. The van der Waals surface area contributed by atoms with Crippen LogP contribution in [-0.4, -0.2) is 50.1 Å². The molecule has 0 aliphatic carbocycles. The molecule has 3 aromatic carbocycles. The molecule has 17 heteroatoms. The van der Waals surface area contributed by atoms with Gasteiger partial charge in [0.15, 0.2) is 0 Å². The Morgan fingerprint density at radius 2 is 1.60 bits per heavy atom. The van der Waals surface area contributed by atoms with Crippen LogP contribution in [0.25, 0.3) is 0 Å². The average molecular weight is 718 g/mol. The third-order valence-corrected chi connectivity index (χ3v) is 11.6. The number of benzene rings is 3. The summed E-state index contributed by atoms with van der Waals surface area (Å²) >= 11 is 1.66. The first-order valence-electron chi connectivity index (χ1n) is 14.2. The molecular weight excluding hydrogens is 692 g/mol. The van der Waals surface area contributed by atoms with Gasteiger partial charge in [-0.15, -0.1) is 0 Å². The lowest BCUT2D eigenvalue weighted by Gasteiger charge is -2.31. The number of nitrogens with zero attached hydrogens (tertiary/aromatic N) is 3. The van der Waals surface area contributed by atoms with Crippen LogP contribution in [0.5, 0.6) is 0 Å². The number of primary sulfonamides is 1. The number of fused-ring (bicyclic) bond motifs is 2. The maximum Gasteiger partial charge on any atom is 0.418 e. The van der Waals surface area contributed by atoms with E-state index in [4.69, 9.17) is 5.14 Å². The molecule has 1 saturated heterocycles. The van der Waals surface area contributed by atoms with Gasteiger partial charge < -0.3 is 10.2 Å². The van der Waals surface area contributed by atoms with Crippen molar-refractivity contribution >= 4 is 67.9 Å². The Bertz CT molecular complexity index is 2110. The number of carbonyl (C=O) groups excluding carboxylic acids is 3. The van der Waals surface area contributed by atoms with Gasteiger partial charge in [0.1, 0.15) is 11.8 Å². The molecule has 48 heavy (non-hydrogen) atoms. The number of alkyl halides is 3. The molecule has 2 aliphatic rings. The van der Waals surface area contributed by atoms with Gasteiger partial charge in [0.25, 0.3) is 0 Å². The molecule has 0 saturated carbocycles. The maximum atomic E-state index is 14.1. The van der Waals surface area contributed by atoms with Crippen LogP contribution in [0.3, 0.4) is 0 Å². The van der Waals surface area contributed by atoms with Gasteiger partial charge in [0.2, 0.25) is 27.7 Å². The smallest absolute Gasteiger partial charge is 0.378 e. The molecule has 3 heterocycles. The third-order valence-electron chi connectivity index (χ3n) is 8.04. The van der Waals surface area contributed by atoms with Gasteiger partial charge in [-0.3, -0.25) is 23.7 Å². The molecule has 1 fully saturated rings. The Hall–Kier alpha value is -4.45. The van der Waals surface area contributed by atoms with Crippen LogP contribution in [0.4, 0.5) is 30.2 Å². The number of rotatable bonds is 7. The van der Waals surface area contributed by atoms with Gasteiger partial charge in [0, 0.05) is 36.3 Å². The highest BCUT2D eigenvalue weighted by atomic mass is 32.2. The van der Waals surface area contributed by atoms with E-state index in [2.05, 4.69) is 5.32 Å². The van der Waals surface area contributed by atoms with Crippen molar-refractivity contribution < 1.29 is 36.0 Å². The van der Waals surface area contributed by atoms with Crippen molar-refractivity contribution in [2.24, 2.45) is 11.1 Å². The number of hydrogen-bond acceptors (Lipinski definition) is 9. The number of amides is 3. The van der Waals surface area contributed by atoms with Crippen molar-refractivity contribution in [3.05, 3.63) is 98.5 Å². The lowest BCUT2D eigenvalue weighted by molar-refractivity contribution is -0.137. The van der Waals surface area contributed by atoms with E-state index in [1.807, 2.05) is 19.0 Å². The number of anilines is 3. The Morgan fingerprint density at radius 3 is 2.21 bits per heavy atom. The summed E-state index contributed by atoms with van der Waals surface area (Å²) in [6.45, 7) is -0.499. The number of hydrogen-bond donors (Lipinski definition) is 2. The van der Waals surface area contributed by atoms with Crippen molar-refractivity contribution in [1.82, 2.24) is 4.57 Å². The van der Waals surface area contributed by atoms with E-state index < -0.39 is 73.7 Å². The van der Waals surface area contributed by atoms with Crippen molar-refractivity contribution in [2.75, 3.05) is 29.2 Å². The van der Waals surface area contributed by atoms with Crippen molar-refractivity contribution in [1.29, 1.82) is 0 Å². The van der Waals surface area contributed by atoms with E-state index in [1.54, 1.807) is 24.3 Å². The molecule has 3 amide bonds. The molecule has 0 radical (unpaired) electrons. The van der Waals surface area contributed by atoms with E-state index >= 15 is 0 Å². The molecule has 0 unspecified atom stereocenters. The SMILES string of the molecule is CN(C)c1ccc([C@@H]2c3sc(=O)n(CC(=O)Nc4ccc(S(N)(=O)=O)cc4)c3S[C@H]3C(=O)N(c4ccccc4C(F)(F)F)C(=O)[C@@H]23)cc1. The molecule has 6 rings (SSSR count). The van der Waals surface area contributed by atoms with E-state index in [-0.39, 0.29) is 15.6 Å².